The summed E-state index contributed by atoms with van der Waals surface area (Å²) in [6.07, 6.45) is 1.09. The van der Waals surface area contributed by atoms with E-state index in [1.807, 2.05) is 12.1 Å². The summed E-state index contributed by atoms with van der Waals surface area (Å²) in [7, 11) is 1.75. The second-order valence-electron chi connectivity index (χ2n) is 4.62. The van der Waals surface area contributed by atoms with Crippen molar-refractivity contribution in [2.24, 2.45) is 5.92 Å². The molecular weight excluding hydrogens is 310 g/mol. The first-order valence-corrected chi connectivity index (χ1v) is 8.33. The normalized spacial score (nSPS) is 23.3. The van der Waals surface area contributed by atoms with Crippen molar-refractivity contribution in [3.05, 3.63) is 28.2 Å². The zero-order valence-electron chi connectivity index (χ0n) is 10.9. The van der Waals surface area contributed by atoms with Crippen LogP contribution in [-0.2, 0) is 6.42 Å². The van der Waals surface area contributed by atoms with Gasteiger partial charge >= 0.3 is 0 Å². The SMILES string of the molecule is CCNC1CSCC1Cc1cc(Br)ccc1OC. The zero-order valence-corrected chi connectivity index (χ0v) is 13.3. The van der Waals surface area contributed by atoms with Gasteiger partial charge in [-0.1, -0.05) is 22.9 Å². The highest BCUT2D eigenvalue weighted by molar-refractivity contribution is 9.10. The molecule has 1 aliphatic rings. The van der Waals surface area contributed by atoms with Crippen LogP contribution in [0.4, 0.5) is 0 Å². The number of hydrogen-bond acceptors (Lipinski definition) is 3. The highest BCUT2D eigenvalue weighted by atomic mass is 79.9. The summed E-state index contributed by atoms with van der Waals surface area (Å²) in [5, 5.41) is 3.59. The van der Waals surface area contributed by atoms with Crippen LogP contribution in [0.25, 0.3) is 0 Å². The predicted molar refractivity (Wildman–Crippen MR) is 82.7 cm³/mol. The van der Waals surface area contributed by atoms with Gasteiger partial charge in [-0.15, -0.1) is 0 Å². The van der Waals surface area contributed by atoms with Gasteiger partial charge in [-0.05, 0) is 48.4 Å². The Bertz CT molecular complexity index is 399. The average molecular weight is 330 g/mol. The molecule has 1 aliphatic heterocycles. The van der Waals surface area contributed by atoms with Crippen molar-refractivity contribution in [3.8, 4) is 5.75 Å². The van der Waals surface area contributed by atoms with E-state index in [0.717, 1.165) is 23.2 Å². The fourth-order valence-corrected chi connectivity index (χ4v) is 4.32. The largest absolute Gasteiger partial charge is 0.496 e. The van der Waals surface area contributed by atoms with Crippen molar-refractivity contribution in [2.45, 2.75) is 19.4 Å². The molecule has 2 nitrogen and oxygen atoms in total. The molecule has 0 aromatic heterocycles. The van der Waals surface area contributed by atoms with Crippen LogP contribution >= 0.6 is 27.7 Å². The molecule has 2 unspecified atom stereocenters. The van der Waals surface area contributed by atoms with E-state index in [1.165, 1.54) is 17.1 Å². The lowest BCUT2D eigenvalue weighted by Crippen LogP contribution is -2.36. The Morgan fingerprint density at radius 1 is 1.44 bits per heavy atom. The topological polar surface area (TPSA) is 21.3 Å². The van der Waals surface area contributed by atoms with Crippen LogP contribution < -0.4 is 10.1 Å². The second kappa shape index (κ2) is 6.83. The lowest BCUT2D eigenvalue weighted by Gasteiger charge is -2.20. The van der Waals surface area contributed by atoms with Gasteiger partial charge in [0, 0.05) is 16.3 Å². The average Bonchev–Trinajstić information content (AvgIpc) is 2.78. The van der Waals surface area contributed by atoms with E-state index in [0.29, 0.717) is 12.0 Å². The number of nitrogens with one attached hydrogen (secondary N) is 1. The molecule has 0 spiro atoms. The first-order chi connectivity index (χ1) is 8.74. The van der Waals surface area contributed by atoms with Crippen LogP contribution in [-0.4, -0.2) is 31.2 Å². The third-order valence-corrected chi connectivity index (χ3v) is 5.14. The minimum atomic E-state index is 0.642. The first kappa shape index (κ1) is 14.2. The summed E-state index contributed by atoms with van der Waals surface area (Å²) in [4.78, 5) is 0. The molecule has 1 saturated heterocycles. The molecule has 0 radical (unpaired) electrons. The van der Waals surface area contributed by atoms with Crippen LogP contribution in [0.1, 0.15) is 12.5 Å². The van der Waals surface area contributed by atoms with Crippen molar-refractivity contribution >= 4 is 27.7 Å². The summed E-state index contributed by atoms with van der Waals surface area (Å²) in [5.74, 6) is 4.19. The van der Waals surface area contributed by atoms with Gasteiger partial charge in [0.25, 0.3) is 0 Å². The van der Waals surface area contributed by atoms with E-state index in [2.05, 4.69) is 46.0 Å². The lowest BCUT2D eigenvalue weighted by molar-refractivity contribution is 0.394. The van der Waals surface area contributed by atoms with E-state index in [-0.39, 0.29) is 0 Å². The van der Waals surface area contributed by atoms with Crippen molar-refractivity contribution in [2.75, 3.05) is 25.2 Å². The van der Waals surface area contributed by atoms with Crippen molar-refractivity contribution < 1.29 is 4.74 Å². The van der Waals surface area contributed by atoms with E-state index in [4.69, 9.17) is 4.74 Å². The molecule has 0 amide bonds. The van der Waals surface area contributed by atoms with Gasteiger partial charge in [-0.2, -0.15) is 11.8 Å². The fraction of sp³-hybridized carbons (Fsp3) is 0.571. The Morgan fingerprint density at radius 2 is 2.28 bits per heavy atom. The highest BCUT2D eigenvalue weighted by Crippen LogP contribution is 2.31. The van der Waals surface area contributed by atoms with Crippen LogP contribution in [0, 0.1) is 5.92 Å². The molecule has 2 rings (SSSR count). The number of ether oxygens (including phenoxy) is 1. The molecular formula is C14H20BrNOS. The zero-order chi connectivity index (χ0) is 13.0. The van der Waals surface area contributed by atoms with Crippen molar-refractivity contribution in [1.82, 2.24) is 5.32 Å². The van der Waals surface area contributed by atoms with Gasteiger partial charge in [0.2, 0.25) is 0 Å². The standard InChI is InChI=1S/C14H20BrNOS/c1-3-16-13-9-18-8-11(13)6-10-7-12(15)4-5-14(10)17-2/h4-5,7,11,13,16H,3,6,8-9H2,1-2H3. The first-order valence-electron chi connectivity index (χ1n) is 6.38. The molecule has 1 aromatic carbocycles. The number of methoxy groups -OCH3 is 1. The molecule has 100 valence electrons. The van der Waals surface area contributed by atoms with E-state index >= 15 is 0 Å². The maximum Gasteiger partial charge on any atom is 0.122 e. The predicted octanol–water partition coefficient (Wildman–Crippen LogP) is 3.34. The summed E-state index contributed by atoms with van der Waals surface area (Å²) in [6, 6.07) is 6.91. The van der Waals surface area contributed by atoms with Gasteiger partial charge in [-0.25, -0.2) is 0 Å². The van der Waals surface area contributed by atoms with E-state index in [9.17, 15) is 0 Å². The minimum absolute atomic E-state index is 0.642. The number of hydrogen-bond donors (Lipinski definition) is 1. The van der Waals surface area contributed by atoms with Crippen LogP contribution in [0.3, 0.4) is 0 Å². The molecule has 1 fully saturated rings. The molecule has 0 saturated carbocycles. The highest BCUT2D eigenvalue weighted by Gasteiger charge is 2.27. The molecule has 1 heterocycles. The Kier molecular flexibility index (Phi) is 5.39. The van der Waals surface area contributed by atoms with Gasteiger partial charge in [0.15, 0.2) is 0 Å². The third kappa shape index (κ3) is 3.43. The Hall–Kier alpha value is -0.190. The summed E-state index contributed by atoms with van der Waals surface area (Å²) in [6.45, 7) is 3.23. The molecule has 18 heavy (non-hydrogen) atoms. The van der Waals surface area contributed by atoms with Gasteiger partial charge in [0.05, 0.1) is 7.11 Å². The fourth-order valence-electron chi connectivity index (χ4n) is 2.48. The minimum Gasteiger partial charge on any atom is -0.496 e. The molecule has 4 heteroatoms. The molecule has 1 aromatic rings. The molecule has 1 N–H and O–H groups in total. The molecule has 0 aliphatic carbocycles. The monoisotopic (exact) mass is 329 g/mol. The lowest BCUT2D eigenvalue weighted by atomic mass is 9.94. The number of thioether (sulfide) groups is 1. The number of benzene rings is 1. The maximum atomic E-state index is 5.46. The molecule has 0 bridgehead atoms. The summed E-state index contributed by atoms with van der Waals surface area (Å²) < 4.78 is 6.59. The quantitative estimate of drug-likeness (QED) is 0.895. The Labute approximate surface area is 122 Å². The summed E-state index contributed by atoms with van der Waals surface area (Å²) >= 11 is 5.60. The van der Waals surface area contributed by atoms with Gasteiger partial charge in [0.1, 0.15) is 5.75 Å². The smallest absolute Gasteiger partial charge is 0.122 e. The van der Waals surface area contributed by atoms with E-state index in [1.54, 1.807) is 7.11 Å². The molecule has 2 atom stereocenters. The number of rotatable bonds is 5. The maximum absolute atomic E-state index is 5.46. The van der Waals surface area contributed by atoms with Crippen LogP contribution in [0.2, 0.25) is 0 Å². The van der Waals surface area contributed by atoms with Gasteiger partial charge in [-0.3, -0.25) is 0 Å². The Balaban J connectivity index is 2.10. The number of halogens is 1. The van der Waals surface area contributed by atoms with Crippen molar-refractivity contribution in [3.63, 3.8) is 0 Å². The summed E-state index contributed by atoms with van der Waals surface area (Å²) in [5.41, 5.74) is 1.31. The second-order valence-corrected chi connectivity index (χ2v) is 6.61. The van der Waals surface area contributed by atoms with Crippen molar-refractivity contribution in [1.29, 1.82) is 0 Å². The van der Waals surface area contributed by atoms with Gasteiger partial charge < -0.3 is 10.1 Å². The Morgan fingerprint density at radius 3 is 3.00 bits per heavy atom. The third-order valence-electron chi connectivity index (χ3n) is 3.39. The van der Waals surface area contributed by atoms with Crippen LogP contribution in [0.5, 0.6) is 5.75 Å². The van der Waals surface area contributed by atoms with E-state index < -0.39 is 0 Å². The van der Waals surface area contributed by atoms with Crippen LogP contribution in [0.15, 0.2) is 22.7 Å².